The molecule has 1 heterocycles. The first-order valence-electron chi connectivity index (χ1n) is 6.93. The van der Waals surface area contributed by atoms with Gasteiger partial charge in [-0.05, 0) is 42.8 Å². The highest BCUT2D eigenvalue weighted by Crippen LogP contribution is 2.32. The van der Waals surface area contributed by atoms with E-state index < -0.39 is 4.92 Å². The van der Waals surface area contributed by atoms with E-state index in [0.29, 0.717) is 17.2 Å². The molecule has 3 rings (SSSR count). The van der Waals surface area contributed by atoms with E-state index in [9.17, 15) is 10.1 Å². The quantitative estimate of drug-likeness (QED) is 0.480. The second-order valence-corrected chi connectivity index (χ2v) is 4.94. The van der Waals surface area contributed by atoms with Crippen LogP contribution in [0.1, 0.15) is 18.1 Å². The normalized spacial score (nSPS) is 13.0. The second kappa shape index (κ2) is 6.35. The van der Waals surface area contributed by atoms with Gasteiger partial charge in [-0.15, -0.1) is 0 Å². The smallest absolute Gasteiger partial charge is 0.269 e. The van der Waals surface area contributed by atoms with Gasteiger partial charge in [0.15, 0.2) is 11.5 Å². The lowest BCUT2D eigenvalue weighted by atomic mass is 10.1. The van der Waals surface area contributed by atoms with E-state index in [0.717, 1.165) is 11.1 Å². The number of non-ortho nitro benzene ring substituents is 1. The van der Waals surface area contributed by atoms with E-state index in [1.54, 1.807) is 12.1 Å². The van der Waals surface area contributed by atoms with Gasteiger partial charge in [0, 0.05) is 17.7 Å². The third-order valence-corrected chi connectivity index (χ3v) is 3.37. The van der Waals surface area contributed by atoms with Crippen molar-refractivity contribution < 1.29 is 19.2 Å². The molecule has 0 amide bonds. The molecule has 118 valence electrons. The van der Waals surface area contributed by atoms with Gasteiger partial charge in [0.05, 0.1) is 10.6 Å². The maximum Gasteiger partial charge on any atom is 0.269 e. The fourth-order valence-corrected chi connectivity index (χ4v) is 2.09. The lowest BCUT2D eigenvalue weighted by Crippen LogP contribution is -1.97. The van der Waals surface area contributed by atoms with Gasteiger partial charge in [-0.1, -0.05) is 5.16 Å². The van der Waals surface area contributed by atoms with Gasteiger partial charge in [0.25, 0.3) is 5.69 Å². The van der Waals surface area contributed by atoms with Gasteiger partial charge < -0.3 is 14.3 Å². The van der Waals surface area contributed by atoms with Crippen molar-refractivity contribution in [3.63, 3.8) is 0 Å². The van der Waals surface area contributed by atoms with Gasteiger partial charge in [0.2, 0.25) is 6.79 Å². The predicted octanol–water partition coefficient (Wildman–Crippen LogP) is 3.26. The number of nitro groups is 1. The third-order valence-electron chi connectivity index (χ3n) is 3.37. The number of rotatable bonds is 5. The number of benzene rings is 2. The van der Waals surface area contributed by atoms with Crippen LogP contribution in [0.5, 0.6) is 11.5 Å². The van der Waals surface area contributed by atoms with Crippen LogP contribution in [0, 0.1) is 10.1 Å². The zero-order chi connectivity index (χ0) is 16.2. The highest BCUT2D eigenvalue weighted by Gasteiger charge is 2.14. The predicted molar refractivity (Wildman–Crippen MR) is 82.7 cm³/mol. The minimum absolute atomic E-state index is 0.0498. The molecule has 7 heteroatoms. The van der Waals surface area contributed by atoms with Crippen molar-refractivity contribution in [2.45, 2.75) is 13.5 Å². The molecule has 0 aromatic heterocycles. The first kappa shape index (κ1) is 14.8. The topological polar surface area (TPSA) is 83.2 Å². The molecule has 0 N–H and O–H groups in total. The van der Waals surface area contributed by atoms with Crippen LogP contribution in [0.2, 0.25) is 0 Å². The molecule has 0 unspecified atom stereocenters. The summed E-state index contributed by atoms with van der Waals surface area (Å²) < 4.78 is 10.6. The van der Waals surface area contributed by atoms with Crippen molar-refractivity contribution in [1.82, 2.24) is 0 Å². The van der Waals surface area contributed by atoms with E-state index in [1.807, 2.05) is 25.1 Å². The number of hydrogen-bond acceptors (Lipinski definition) is 6. The summed E-state index contributed by atoms with van der Waals surface area (Å²) in [5.74, 6) is 1.40. The molecular formula is C16H14N2O5. The number of oxime groups is 1. The van der Waals surface area contributed by atoms with Crippen molar-refractivity contribution in [1.29, 1.82) is 0 Å². The summed E-state index contributed by atoms with van der Waals surface area (Å²) in [4.78, 5) is 15.5. The molecule has 2 aromatic carbocycles. The lowest BCUT2D eigenvalue weighted by molar-refractivity contribution is -0.384. The largest absolute Gasteiger partial charge is 0.454 e. The van der Waals surface area contributed by atoms with Crippen LogP contribution in [0.15, 0.2) is 47.6 Å². The van der Waals surface area contributed by atoms with Crippen LogP contribution < -0.4 is 9.47 Å². The minimum atomic E-state index is -0.438. The van der Waals surface area contributed by atoms with Gasteiger partial charge >= 0.3 is 0 Å². The Morgan fingerprint density at radius 2 is 1.96 bits per heavy atom. The highest BCUT2D eigenvalue weighted by atomic mass is 16.7. The highest BCUT2D eigenvalue weighted by molar-refractivity contribution is 5.98. The number of hydrogen-bond donors (Lipinski definition) is 0. The summed E-state index contributed by atoms with van der Waals surface area (Å²) in [6.45, 7) is 2.29. The Hall–Kier alpha value is -3.09. The Morgan fingerprint density at radius 3 is 2.70 bits per heavy atom. The monoisotopic (exact) mass is 314 g/mol. The molecule has 0 atom stereocenters. The summed E-state index contributed by atoms with van der Waals surface area (Å²) >= 11 is 0. The summed E-state index contributed by atoms with van der Waals surface area (Å²) in [5.41, 5.74) is 2.43. The van der Waals surface area contributed by atoms with Crippen molar-refractivity contribution in [2.75, 3.05) is 6.79 Å². The molecule has 0 bridgehead atoms. The third kappa shape index (κ3) is 3.39. The van der Waals surface area contributed by atoms with Crippen LogP contribution in [-0.4, -0.2) is 17.4 Å². The number of fused-ring (bicyclic) bond motifs is 1. The maximum atomic E-state index is 10.6. The molecule has 7 nitrogen and oxygen atoms in total. The summed E-state index contributed by atoms with van der Waals surface area (Å²) in [6, 6.07) is 11.7. The van der Waals surface area contributed by atoms with Crippen LogP contribution in [0.25, 0.3) is 0 Å². The maximum absolute atomic E-state index is 10.6. The fourth-order valence-electron chi connectivity index (χ4n) is 2.09. The molecule has 0 saturated heterocycles. The van der Waals surface area contributed by atoms with E-state index in [4.69, 9.17) is 14.3 Å². The molecule has 0 radical (unpaired) electrons. The molecule has 0 saturated carbocycles. The number of ether oxygens (including phenoxy) is 2. The Labute approximate surface area is 132 Å². The van der Waals surface area contributed by atoms with Crippen LogP contribution in [0.3, 0.4) is 0 Å². The zero-order valence-corrected chi connectivity index (χ0v) is 12.4. The molecule has 2 aromatic rings. The van der Waals surface area contributed by atoms with E-state index in [2.05, 4.69) is 5.16 Å². The number of nitro benzene ring substituents is 1. The van der Waals surface area contributed by atoms with Gasteiger partial charge in [-0.3, -0.25) is 10.1 Å². The molecule has 0 spiro atoms. The summed E-state index contributed by atoms with van der Waals surface area (Å²) in [7, 11) is 0. The zero-order valence-electron chi connectivity index (χ0n) is 12.4. The Balaban J connectivity index is 1.62. The minimum Gasteiger partial charge on any atom is -0.454 e. The van der Waals surface area contributed by atoms with Gasteiger partial charge in [0.1, 0.15) is 6.61 Å². The van der Waals surface area contributed by atoms with E-state index >= 15 is 0 Å². The first-order chi connectivity index (χ1) is 11.1. The van der Waals surface area contributed by atoms with Crippen molar-refractivity contribution in [2.24, 2.45) is 5.16 Å². The SMILES string of the molecule is C/C(=N/OCc1ccc([N+](=O)[O-])cc1)c1ccc2c(c1)OCO2. The Bertz CT molecular complexity index is 756. The molecule has 1 aliphatic rings. The molecule has 23 heavy (non-hydrogen) atoms. The van der Waals surface area contributed by atoms with Crippen LogP contribution >= 0.6 is 0 Å². The molecule has 1 aliphatic heterocycles. The standard InChI is InChI=1S/C16H14N2O5/c1-11(13-4-7-15-16(8-13)22-10-21-15)17-23-9-12-2-5-14(6-3-12)18(19)20/h2-8H,9-10H2,1H3/b17-11-. The summed E-state index contributed by atoms with van der Waals surface area (Å²) in [6.07, 6.45) is 0. The number of nitrogens with zero attached hydrogens (tertiary/aromatic N) is 2. The lowest BCUT2D eigenvalue weighted by Gasteiger charge is -2.04. The van der Waals surface area contributed by atoms with Gasteiger partial charge in [-0.25, -0.2) is 0 Å². The van der Waals surface area contributed by atoms with E-state index in [-0.39, 0.29) is 19.1 Å². The van der Waals surface area contributed by atoms with Crippen molar-refractivity contribution in [3.05, 3.63) is 63.7 Å². The van der Waals surface area contributed by atoms with Gasteiger partial charge in [-0.2, -0.15) is 0 Å². The molecule has 0 fully saturated rings. The summed E-state index contributed by atoms with van der Waals surface area (Å²) in [5, 5.41) is 14.6. The van der Waals surface area contributed by atoms with Crippen molar-refractivity contribution in [3.8, 4) is 11.5 Å². The van der Waals surface area contributed by atoms with Crippen LogP contribution in [-0.2, 0) is 11.4 Å². The average Bonchev–Trinajstić information content (AvgIpc) is 3.02. The fraction of sp³-hybridized carbons (Fsp3) is 0.188. The Morgan fingerprint density at radius 1 is 1.22 bits per heavy atom. The molecular weight excluding hydrogens is 300 g/mol. The average molecular weight is 314 g/mol. The van der Waals surface area contributed by atoms with E-state index in [1.165, 1.54) is 12.1 Å². The van der Waals surface area contributed by atoms with Crippen LogP contribution in [0.4, 0.5) is 5.69 Å². The first-order valence-corrected chi connectivity index (χ1v) is 6.93. The molecule has 0 aliphatic carbocycles. The Kier molecular flexibility index (Phi) is 4.09. The second-order valence-electron chi connectivity index (χ2n) is 4.94. The van der Waals surface area contributed by atoms with Crippen molar-refractivity contribution >= 4 is 11.4 Å².